The smallest absolute Gasteiger partial charge is 0.224 e. The molecule has 0 unspecified atom stereocenters. The highest BCUT2D eigenvalue weighted by Crippen LogP contribution is 2.24. The van der Waals surface area contributed by atoms with Crippen LogP contribution in [0.4, 0.5) is 11.8 Å². The molecule has 3 N–H and O–H groups in total. The van der Waals surface area contributed by atoms with Gasteiger partial charge in [-0.2, -0.15) is 15.1 Å². The number of ether oxygens (including phenoxy) is 1. The molecule has 0 saturated carbocycles. The highest BCUT2D eigenvalue weighted by atomic mass is 16.5. The molecule has 0 aliphatic carbocycles. The van der Waals surface area contributed by atoms with Gasteiger partial charge in [0.2, 0.25) is 5.95 Å². The van der Waals surface area contributed by atoms with Crippen molar-refractivity contribution in [3.63, 3.8) is 0 Å². The van der Waals surface area contributed by atoms with Crippen LogP contribution in [0.25, 0.3) is 11.0 Å². The molecule has 2 aromatic heterocycles. The number of aromatic amines is 1. The van der Waals surface area contributed by atoms with Crippen LogP contribution in [0.5, 0.6) is 5.75 Å². The topological polar surface area (TPSA) is 93.0 Å². The number of nitrogens with zero attached hydrogens (tertiary/aromatic N) is 4. The fourth-order valence-corrected chi connectivity index (χ4v) is 2.25. The Hall–Kier alpha value is -2.83. The quantitative estimate of drug-likeness (QED) is 0.755. The van der Waals surface area contributed by atoms with Crippen LogP contribution in [0.1, 0.15) is 5.56 Å². The van der Waals surface area contributed by atoms with Gasteiger partial charge >= 0.3 is 0 Å². The van der Waals surface area contributed by atoms with Crippen LogP contribution in [-0.4, -0.2) is 34.3 Å². The molecule has 0 spiro atoms. The van der Waals surface area contributed by atoms with Crippen molar-refractivity contribution in [3.05, 3.63) is 36.0 Å². The van der Waals surface area contributed by atoms with E-state index >= 15 is 0 Å². The number of methoxy groups -OCH3 is 1. The summed E-state index contributed by atoms with van der Waals surface area (Å²) in [7, 11) is 3.61. The summed E-state index contributed by atoms with van der Waals surface area (Å²) in [5.41, 5.74) is 7.49. The first-order valence-electron chi connectivity index (χ1n) is 6.48. The average Bonchev–Trinajstić information content (AvgIpc) is 2.94. The highest BCUT2D eigenvalue weighted by molar-refractivity contribution is 5.87. The lowest BCUT2D eigenvalue weighted by Crippen LogP contribution is -2.18. The molecule has 7 heteroatoms. The molecule has 0 aliphatic heterocycles. The summed E-state index contributed by atoms with van der Waals surface area (Å²) in [4.78, 5) is 10.4. The number of hydrogen-bond acceptors (Lipinski definition) is 6. The molecule has 3 rings (SSSR count). The van der Waals surface area contributed by atoms with E-state index < -0.39 is 0 Å². The Morgan fingerprint density at radius 1 is 1.33 bits per heavy atom. The van der Waals surface area contributed by atoms with E-state index in [1.807, 2.05) is 36.2 Å². The van der Waals surface area contributed by atoms with Crippen LogP contribution in [0, 0.1) is 0 Å². The van der Waals surface area contributed by atoms with Crippen molar-refractivity contribution >= 4 is 22.8 Å². The van der Waals surface area contributed by atoms with E-state index in [0.29, 0.717) is 12.2 Å². The largest absolute Gasteiger partial charge is 0.497 e. The third kappa shape index (κ3) is 2.58. The molecule has 0 radical (unpaired) electrons. The highest BCUT2D eigenvalue weighted by Gasteiger charge is 2.12. The van der Waals surface area contributed by atoms with E-state index in [1.165, 1.54) is 0 Å². The van der Waals surface area contributed by atoms with E-state index in [-0.39, 0.29) is 5.95 Å². The summed E-state index contributed by atoms with van der Waals surface area (Å²) in [6.45, 7) is 0.675. The number of hydrogen-bond donors (Lipinski definition) is 2. The maximum absolute atomic E-state index is 5.74. The monoisotopic (exact) mass is 284 g/mol. The van der Waals surface area contributed by atoms with Gasteiger partial charge in [0, 0.05) is 13.6 Å². The summed E-state index contributed by atoms with van der Waals surface area (Å²) in [6, 6.07) is 7.91. The molecule has 1 aromatic carbocycles. The first-order chi connectivity index (χ1) is 10.2. The molecule has 7 nitrogen and oxygen atoms in total. The molecule has 108 valence electrons. The Balaban J connectivity index is 1.93. The zero-order valence-corrected chi connectivity index (χ0v) is 11.9. The van der Waals surface area contributed by atoms with Gasteiger partial charge in [-0.3, -0.25) is 5.10 Å². The van der Waals surface area contributed by atoms with Crippen molar-refractivity contribution in [1.29, 1.82) is 0 Å². The van der Waals surface area contributed by atoms with Crippen LogP contribution in [0.3, 0.4) is 0 Å². The van der Waals surface area contributed by atoms with E-state index in [0.717, 1.165) is 22.5 Å². The maximum atomic E-state index is 5.74. The van der Waals surface area contributed by atoms with Crippen LogP contribution in [-0.2, 0) is 6.54 Å². The minimum atomic E-state index is 0.222. The van der Waals surface area contributed by atoms with Gasteiger partial charge in [0.05, 0.1) is 18.7 Å². The molecule has 3 aromatic rings. The van der Waals surface area contributed by atoms with Crippen LogP contribution in [0.2, 0.25) is 0 Å². The zero-order chi connectivity index (χ0) is 14.8. The molecule has 0 saturated heterocycles. The summed E-state index contributed by atoms with van der Waals surface area (Å²) in [6.07, 6.45) is 1.70. The van der Waals surface area contributed by atoms with Crippen molar-refractivity contribution in [2.24, 2.45) is 0 Å². The molecule has 0 aliphatic rings. The lowest BCUT2D eigenvalue weighted by atomic mass is 10.2. The van der Waals surface area contributed by atoms with Gasteiger partial charge in [-0.25, -0.2) is 0 Å². The lowest BCUT2D eigenvalue weighted by molar-refractivity contribution is 0.414. The fraction of sp³-hybridized carbons (Fsp3) is 0.214. The Morgan fingerprint density at radius 3 is 3.00 bits per heavy atom. The van der Waals surface area contributed by atoms with Crippen molar-refractivity contribution in [2.75, 3.05) is 24.8 Å². The van der Waals surface area contributed by atoms with Crippen molar-refractivity contribution in [1.82, 2.24) is 20.2 Å². The maximum Gasteiger partial charge on any atom is 0.224 e. The molecule has 0 bridgehead atoms. The molecular weight excluding hydrogens is 268 g/mol. The van der Waals surface area contributed by atoms with Crippen LogP contribution < -0.4 is 15.4 Å². The minimum Gasteiger partial charge on any atom is -0.497 e. The summed E-state index contributed by atoms with van der Waals surface area (Å²) >= 11 is 0. The predicted octanol–water partition coefficient (Wildman–Crippen LogP) is 1.58. The number of benzene rings is 1. The molecule has 0 atom stereocenters. The number of fused-ring (bicyclic) bond motifs is 1. The number of nitrogens with two attached hydrogens (primary N) is 1. The van der Waals surface area contributed by atoms with Crippen molar-refractivity contribution in [2.45, 2.75) is 6.54 Å². The fourth-order valence-electron chi connectivity index (χ4n) is 2.25. The number of nitrogens with one attached hydrogen (secondary N) is 1. The average molecular weight is 284 g/mol. The van der Waals surface area contributed by atoms with Gasteiger partial charge in [-0.15, -0.1) is 0 Å². The van der Waals surface area contributed by atoms with Crippen LogP contribution >= 0.6 is 0 Å². The summed E-state index contributed by atoms with van der Waals surface area (Å²) < 4.78 is 5.24. The Morgan fingerprint density at radius 2 is 2.19 bits per heavy atom. The van der Waals surface area contributed by atoms with Gasteiger partial charge in [-0.1, -0.05) is 12.1 Å². The Bertz CT molecular complexity index is 769. The molecule has 2 heterocycles. The second-order valence-corrected chi connectivity index (χ2v) is 4.75. The minimum absolute atomic E-state index is 0.222. The molecule has 21 heavy (non-hydrogen) atoms. The number of rotatable bonds is 4. The second kappa shape index (κ2) is 5.28. The molecule has 0 fully saturated rings. The summed E-state index contributed by atoms with van der Waals surface area (Å²) in [5.74, 6) is 1.80. The van der Waals surface area contributed by atoms with Gasteiger partial charge in [0.1, 0.15) is 11.6 Å². The number of nitrogen functional groups attached to an aromatic ring is 1. The normalized spacial score (nSPS) is 10.8. The number of aromatic nitrogens is 4. The van der Waals surface area contributed by atoms with Crippen molar-refractivity contribution < 1.29 is 4.74 Å². The molecule has 0 amide bonds. The number of H-pyrrole nitrogens is 1. The third-order valence-corrected chi connectivity index (χ3v) is 3.22. The SMILES string of the molecule is COc1cccc(CN(C)c2nc(N)nc3[nH]ncc23)c1. The van der Waals surface area contributed by atoms with Crippen LogP contribution in [0.15, 0.2) is 30.5 Å². The van der Waals surface area contributed by atoms with E-state index in [9.17, 15) is 0 Å². The first kappa shape index (κ1) is 13.2. The third-order valence-electron chi connectivity index (χ3n) is 3.22. The van der Waals surface area contributed by atoms with Gasteiger partial charge in [-0.05, 0) is 17.7 Å². The first-order valence-corrected chi connectivity index (χ1v) is 6.48. The van der Waals surface area contributed by atoms with E-state index in [4.69, 9.17) is 10.5 Å². The number of anilines is 2. The standard InChI is InChI=1S/C14H16N6O/c1-20(8-9-4-3-5-10(6-9)21-2)13-11-7-16-19-12(11)17-14(15)18-13/h3-7H,8H2,1-2H3,(H3,15,16,17,18,19). The van der Waals surface area contributed by atoms with E-state index in [1.54, 1.807) is 13.3 Å². The van der Waals surface area contributed by atoms with Gasteiger partial charge in [0.25, 0.3) is 0 Å². The predicted molar refractivity (Wildman–Crippen MR) is 81.2 cm³/mol. The zero-order valence-electron chi connectivity index (χ0n) is 11.9. The Kier molecular flexibility index (Phi) is 3.31. The van der Waals surface area contributed by atoms with Gasteiger partial charge < -0.3 is 15.4 Å². The second-order valence-electron chi connectivity index (χ2n) is 4.75. The Labute approximate surface area is 121 Å². The van der Waals surface area contributed by atoms with E-state index in [2.05, 4.69) is 20.2 Å². The lowest BCUT2D eigenvalue weighted by Gasteiger charge is -2.19. The van der Waals surface area contributed by atoms with Gasteiger partial charge in [0.15, 0.2) is 5.65 Å². The van der Waals surface area contributed by atoms with Crippen molar-refractivity contribution in [3.8, 4) is 5.75 Å². The summed E-state index contributed by atoms with van der Waals surface area (Å²) in [5, 5.41) is 7.64. The molecular formula is C14H16N6O.